The summed E-state index contributed by atoms with van der Waals surface area (Å²) in [6.45, 7) is 1.19. The van der Waals surface area contributed by atoms with Crippen LogP contribution in [0.4, 0.5) is 16.2 Å². The minimum atomic E-state index is -4.29. The first kappa shape index (κ1) is 22.3. The lowest BCUT2D eigenvalue weighted by atomic mass is 10.2. The Bertz CT molecular complexity index is 1120. The van der Waals surface area contributed by atoms with Crippen molar-refractivity contribution in [2.45, 2.75) is 17.9 Å². The van der Waals surface area contributed by atoms with Crippen LogP contribution in [0.25, 0.3) is 0 Å². The molecule has 158 valence electrons. The third-order valence-electron chi connectivity index (χ3n) is 3.63. The van der Waals surface area contributed by atoms with E-state index in [0.29, 0.717) is 0 Å². The molecule has 0 aliphatic heterocycles. The molecule has 3 amide bonds. The van der Waals surface area contributed by atoms with Gasteiger partial charge in [0.05, 0.1) is 21.1 Å². The highest BCUT2D eigenvalue weighted by atomic mass is 32.2. The molecule has 0 fully saturated rings. The quantitative estimate of drug-likeness (QED) is 0.327. The number of amides is 3. The number of nitrogens with zero attached hydrogens (tertiary/aromatic N) is 1. The molecule has 0 heterocycles. The Kier molecular flexibility index (Phi) is 6.69. The van der Waals surface area contributed by atoms with E-state index in [0.717, 1.165) is 18.2 Å². The molecular formula is C17H16N4O8S. The van der Waals surface area contributed by atoms with Crippen molar-refractivity contribution in [3.8, 4) is 0 Å². The van der Waals surface area contributed by atoms with Crippen LogP contribution in [0.15, 0.2) is 53.4 Å². The van der Waals surface area contributed by atoms with Gasteiger partial charge in [-0.1, -0.05) is 18.2 Å². The predicted molar refractivity (Wildman–Crippen MR) is 103 cm³/mol. The van der Waals surface area contributed by atoms with E-state index >= 15 is 0 Å². The van der Waals surface area contributed by atoms with Gasteiger partial charge in [-0.15, -0.1) is 0 Å². The van der Waals surface area contributed by atoms with Crippen LogP contribution in [0, 0.1) is 10.1 Å². The smallest absolute Gasteiger partial charge is 0.341 e. The number of nitrogens with one attached hydrogen (secondary N) is 2. The summed E-state index contributed by atoms with van der Waals surface area (Å²) in [4.78, 5) is 44.5. The molecule has 0 saturated heterocycles. The van der Waals surface area contributed by atoms with Crippen molar-refractivity contribution >= 4 is 39.3 Å². The number of ether oxygens (including phenoxy) is 1. The van der Waals surface area contributed by atoms with E-state index in [4.69, 9.17) is 10.5 Å². The molecule has 0 aromatic heterocycles. The number of hydrogen-bond acceptors (Lipinski definition) is 8. The summed E-state index contributed by atoms with van der Waals surface area (Å²) in [6.07, 6.45) is -1.40. The van der Waals surface area contributed by atoms with Crippen molar-refractivity contribution in [2.24, 2.45) is 5.73 Å². The number of sulfonamides is 1. The van der Waals surface area contributed by atoms with Gasteiger partial charge in [0.2, 0.25) is 0 Å². The van der Waals surface area contributed by atoms with E-state index in [1.807, 2.05) is 0 Å². The molecule has 0 radical (unpaired) electrons. The zero-order valence-corrected chi connectivity index (χ0v) is 16.2. The van der Waals surface area contributed by atoms with Crippen LogP contribution in [0.1, 0.15) is 17.3 Å². The van der Waals surface area contributed by atoms with Crippen LogP contribution >= 0.6 is 0 Å². The number of esters is 1. The number of carbonyl (C=O) groups excluding carboxylic acids is 3. The Morgan fingerprint density at radius 1 is 1.13 bits per heavy atom. The SMILES string of the molecule is CC(OC(=O)c1ccccc1NS(=O)(=O)c1cccc([N+](=O)[O-])c1)C(=O)NC(N)=O. The number of nitro groups is 1. The molecule has 2 rings (SSSR count). The monoisotopic (exact) mass is 436 g/mol. The van der Waals surface area contributed by atoms with Gasteiger partial charge < -0.3 is 10.5 Å². The van der Waals surface area contributed by atoms with Crippen LogP contribution in [-0.2, 0) is 19.6 Å². The predicted octanol–water partition coefficient (Wildman–Crippen LogP) is 1.14. The van der Waals surface area contributed by atoms with E-state index in [2.05, 4.69) is 4.72 Å². The Morgan fingerprint density at radius 3 is 2.43 bits per heavy atom. The van der Waals surface area contributed by atoms with Gasteiger partial charge in [-0.25, -0.2) is 18.0 Å². The van der Waals surface area contributed by atoms with Crippen LogP contribution in [0.5, 0.6) is 0 Å². The first-order valence-electron chi connectivity index (χ1n) is 8.19. The highest BCUT2D eigenvalue weighted by molar-refractivity contribution is 7.92. The third kappa shape index (κ3) is 5.51. The number of imide groups is 1. The van der Waals surface area contributed by atoms with Crippen molar-refractivity contribution in [3.05, 3.63) is 64.2 Å². The number of nitro benzene ring substituents is 1. The zero-order valence-electron chi connectivity index (χ0n) is 15.4. The zero-order chi connectivity index (χ0) is 22.5. The highest BCUT2D eigenvalue weighted by Crippen LogP contribution is 2.23. The highest BCUT2D eigenvalue weighted by Gasteiger charge is 2.24. The molecule has 13 heteroatoms. The number of non-ortho nitro benzene ring substituents is 1. The Balaban J connectivity index is 2.27. The molecule has 30 heavy (non-hydrogen) atoms. The molecular weight excluding hydrogens is 420 g/mol. The fraction of sp³-hybridized carbons (Fsp3) is 0.118. The first-order chi connectivity index (χ1) is 14.0. The summed E-state index contributed by atoms with van der Waals surface area (Å²) < 4.78 is 32.3. The number of rotatable bonds is 7. The molecule has 4 N–H and O–H groups in total. The number of para-hydroxylation sites is 1. The minimum absolute atomic E-state index is 0.184. The maximum Gasteiger partial charge on any atom is 0.341 e. The fourth-order valence-electron chi connectivity index (χ4n) is 2.22. The molecule has 0 saturated carbocycles. The fourth-order valence-corrected chi connectivity index (χ4v) is 3.34. The Hall–Kier alpha value is -4.00. The first-order valence-corrected chi connectivity index (χ1v) is 9.67. The van der Waals surface area contributed by atoms with Crippen LogP contribution in [0.3, 0.4) is 0 Å². The topological polar surface area (TPSA) is 188 Å². The molecule has 0 spiro atoms. The van der Waals surface area contributed by atoms with E-state index in [1.54, 1.807) is 5.32 Å². The van der Waals surface area contributed by atoms with Gasteiger partial charge in [0.1, 0.15) is 0 Å². The summed E-state index contributed by atoms with van der Waals surface area (Å²) in [5.41, 5.74) is 3.98. The van der Waals surface area contributed by atoms with Gasteiger partial charge in [0, 0.05) is 12.1 Å². The number of carbonyl (C=O) groups is 3. The number of anilines is 1. The molecule has 1 atom stereocenters. The van der Waals surface area contributed by atoms with Gasteiger partial charge in [-0.2, -0.15) is 0 Å². The maximum absolute atomic E-state index is 12.6. The maximum atomic E-state index is 12.6. The number of primary amides is 1. The molecule has 1 unspecified atom stereocenters. The number of nitrogens with two attached hydrogens (primary N) is 1. The van der Waals surface area contributed by atoms with Crippen molar-refractivity contribution in [1.29, 1.82) is 0 Å². The van der Waals surface area contributed by atoms with E-state index in [-0.39, 0.29) is 11.3 Å². The lowest BCUT2D eigenvalue weighted by molar-refractivity contribution is -0.385. The van der Waals surface area contributed by atoms with E-state index in [9.17, 15) is 32.9 Å². The number of urea groups is 1. The van der Waals surface area contributed by atoms with Crippen molar-refractivity contribution in [3.63, 3.8) is 0 Å². The summed E-state index contributed by atoms with van der Waals surface area (Å²) in [6, 6.07) is 8.57. The Morgan fingerprint density at radius 2 is 1.80 bits per heavy atom. The van der Waals surface area contributed by atoms with E-state index in [1.165, 1.54) is 37.3 Å². The number of benzene rings is 2. The third-order valence-corrected chi connectivity index (χ3v) is 4.99. The van der Waals surface area contributed by atoms with Gasteiger partial charge in [0.15, 0.2) is 6.10 Å². The molecule has 0 aliphatic rings. The molecule has 2 aromatic rings. The van der Waals surface area contributed by atoms with Crippen LogP contribution in [0.2, 0.25) is 0 Å². The van der Waals surface area contributed by atoms with Crippen LogP contribution in [-0.4, -0.2) is 37.4 Å². The van der Waals surface area contributed by atoms with Gasteiger partial charge >= 0.3 is 12.0 Å². The second kappa shape index (κ2) is 9.00. The van der Waals surface area contributed by atoms with Crippen LogP contribution < -0.4 is 15.8 Å². The summed E-state index contributed by atoms with van der Waals surface area (Å²) in [7, 11) is -4.29. The molecule has 2 aromatic carbocycles. The number of hydrogen-bond donors (Lipinski definition) is 3. The van der Waals surface area contributed by atoms with Gasteiger partial charge in [-0.3, -0.25) is 24.9 Å². The van der Waals surface area contributed by atoms with E-state index < -0.39 is 49.5 Å². The lowest BCUT2D eigenvalue weighted by Crippen LogP contribution is -2.42. The van der Waals surface area contributed by atoms with Crippen molar-refractivity contribution < 1.29 is 32.5 Å². The normalized spacial score (nSPS) is 11.8. The largest absolute Gasteiger partial charge is 0.449 e. The Labute approximate surface area is 170 Å². The van der Waals surface area contributed by atoms with Crippen molar-refractivity contribution in [1.82, 2.24) is 5.32 Å². The summed E-state index contributed by atoms with van der Waals surface area (Å²) in [5, 5.41) is 12.6. The second-order valence-corrected chi connectivity index (χ2v) is 7.49. The van der Waals surface area contributed by atoms with Gasteiger partial charge in [-0.05, 0) is 25.1 Å². The van der Waals surface area contributed by atoms with Gasteiger partial charge in [0.25, 0.3) is 21.6 Å². The average Bonchev–Trinajstić information content (AvgIpc) is 2.67. The molecule has 12 nitrogen and oxygen atoms in total. The molecule has 0 aliphatic carbocycles. The van der Waals surface area contributed by atoms with Crippen molar-refractivity contribution in [2.75, 3.05) is 4.72 Å². The minimum Gasteiger partial charge on any atom is -0.449 e. The molecule has 0 bridgehead atoms. The lowest BCUT2D eigenvalue weighted by Gasteiger charge is -2.15. The average molecular weight is 436 g/mol. The second-order valence-electron chi connectivity index (χ2n) is 5.81. The summed E-state index contributed by atoms with van der Waals surface area (Å²) in [5.74, 6) is -2.02. The standard InChI is InChI=1S/C17H16N4O8S/c1-10(15(22)19-17(18)24)29-16(23)13-7-2-3-8-14(13)20-30(27,28)12-6-4-5-11(9-12)21(25)26/h2-10,20H,1H3,(H3,18,19,22,24). The summed E-state index contributed by atoms with van der Waals surface area (Å²) >= 11 is 0.